The van der Waals surface area contributed by atoms with Gasteiger partial charge in [-0.25, -0.2) is 15.0 Å². The van der Waals surface area contributed by atoms with Crippen molar-refractivity contribution >= 4 is 50.2 Å². The number of pyridine rings is 2. The van der Waals surface area contributed by atoms with Crippen LogP contribution >= 0.6 is 15.9 Å². The Hall–Kier alpha value is -4.10. The number of aromatic nitrogens is 6. The molecule has 2 amide bonds. The molecule has 2 N–H and O–H groups in total. The van der Waals surface area contributed by atoms with Crippen LogP contribution in [0.15, 0.2) is 35.2 Å². The molecule has 4 aromatic heterocycles. The molecule has 13 heteroatoms. The van der Waals surface area contributed by atoms with E-state index in [1.165, 1.54) is 11.6 Å². The molecule has 0 spiro atoms. The number of rotatable bonds is 7. The van der Waals surface area contributed by atoms with E-state index in [0.29, 0.717) is 56.9 Å². The molecule has 2 fully saturated rings. The van der Waals surface area contributed by atoms with Crippen molar-refractivity contribution in [1.29, 1.82) is 0 Å². The number of aryl methyl sites for hydroxylation is 3. The predicted octanol–water partition coefficient (Wildman–Crippen LogP) is 3.16. The summed E-state index contributed by atoms with van der Waals surface area (Å²) in [5, 5.41) is 18.1. The van der Waals surface area contributed by atoms with E-state index in [2.05, 4.69) is 41.3 Å². The monoisotopic (exact) mass is 632 g/mol. The maximum absolute atomic E-state index is 13.9. The number of nitrogens with one attached hydrogen (secondary N) is 1. The first-order chi connectivity index (χ1) is 20.0. The van der Waals surface area contributed by atoms with Gasteiger partial charge in [0.25, 0.3) is 0 Å². The summed E-state index contributed by atoms with van der Waals surface area (Å²) in [5.41, 5.74) is 2.93. The zero-order valence-corrected chi connectivity index (χ0v) is 25.1. The molecular weight excluding hydrogens is 604 g/mol. The molecule has 4 aromatic rings. The Kier molecular flexibility index (Phi) is 6.89. The number of Topliss-reactive ketones (excluding diaryl/α,β-unsaturated/α-hetero) is 1. The van der Waals surface area contributed by atoms with Crippen LogP contribution in [0.5, 0.6) is 0 Å². The number of fused-ring (bicyclic) bond motifs is 2. The number of amides is 2. The van der Waals surface area contributed by atoms with Gasteiger partial charge in [0, 0.05) is 41.7 Å². The Morgan fingerprint density at radius 2 is 1.86 bits per heavy atom. The van der Waals surface area contributed by atoms with E-state index in [1.807, 2.05) is 13.0 Å². The molecule has 0 bridgehead atoms. The number of hydrogen-bond donors (Lipinski definition) is 2. The summed E-state index contributed by atoms with van der Waals surface area (Å²) >= 11 is 3.33. The SMILES string of the molecule is CC(=O)c1nn(CC(=O)N2[C@H](C(=O)Nc3nc(Br)ccc3C)C[C@@]3(CO)C[C@@H]23)c2c(C)nc(-c3cnc(C)nc3)cc12. The molecule has 0 unspecified atom stereocenters. The normalized spacial score (nSPS) is 21.0. The van der Waals surface area contributed by atoms with Gasteiger partial charge in [-0.1, -0.05) is 6.07 Å². The van der Waals surface area contributed by atoms with E-state index in [9.17, 15) is 19.5 Å². The highest BCUT2D eigenvalue weighted by Crippen LogP contribution is 2.59. The number of carbonyl (C=O) groups is 3. The molecular formula is C29H29BrN8O4. The largest absolute Gasteiger partial charge is 0.396 e. The average molecular weight is 634 g/mol. The number of aliphatic hydroxyl groups excluding tert-OH is 1. The van der Waals surface area contributed by atoms with Crippen LogP contribution in [0.25, 0.3) is 22.2 Å². The van der Waals surface area contributed by atoms with Crippen molar-refractivity contribution in [3.05, 3.63) is 58.0 Å². The lowest BCUT2D eigenvalue weighted by Crippen LogP contribution is -2.47. The summed E-state index contributed by atoms with van der Waals surface area (Å²) in [6.07, 6.45) is 4.31. The highest BCUT2D eigenvalue weighted by Gasteiger charge is 2.66. The summed E-state index contributed by atoms with van der Waals surface area (Å²) in [5.74, 6) is 0.0855. The summed E-state index contributed by atoms with van der Waals surface area (Å²) in [6, 6.07) is 4.33. The maximum Gasteiger partial charge on any atom is 0.248 e. The molecule has 1 saturated carbocycles. The Labute approximate surface area is 249 Å². The van der Waals surface area contributed by atoms with Crippen molar-refractivity contribution < 1.29 is 19.5 Å². The van der Waals surface area contributed by atoms with Gasteiger partial charge in [-0.15, -0.1) is 0 Å². The minimum atomic E-state index is -0.787. The fourth-order valence-corrected chi connectivity index (χ4v) is 6.24. The van der Waals surface area contributed by atoms with Crippen LogP contribution in [-0.2, 0) is 16.1 Å². The summed E-state index contributed by atoms with van der Waals surface area (Å²) in [6.45, 7) is 6.53. The fraction of sp³-hybridized carbons (Fsp3) is 0.379. The first kappa shape index (κ1) is 28.0. The summed E-state index contributed by atoms with van der Waals surface area (Å²) in [4.78, 5) is 59.1. The molecule has 0 aromatic carbocycles. The van der Waals surface area contributed by atoms with Crippen molar-refractivity contribution in [3.63, 3.8) is 0 Å². The average Bonchev–Trinajstić information content (AvgIpc) is 3.37. The third-order valence-corrected chi connectivity index (χ3v) is 8.67. The first-order valence-corrected chi connectivity index (χ1v) is 14.3. The minimum Gasteiger partial charge on any atom is -0.396 e. The summed E-state index contributed by atoms with van der Waals surface area (Å²) < 4.78 is 2.06. The third-order valence-electron chi connectivity index (χ3n) is 8.22. The van der Waals surface area contributed by atoms with Crippen molar-refractivity contribution in [2.45, 2.75) is 59.2 Å². The lowest BCUT2D eigenvalue weighted by atomic mass is 10.0. The maximum atomic E-state index is 13.9. The molecule has 3 atom stereocenters. The molecule has 1 aliphatic heterocycles. The molecule has 42 heavy (non-hydrogen) atoms. The van der Waals surface area contributed by atoms with Gasteiger partial charge >= 0.3 is 0 Å². The summed E-state index contributed by atoms with van der Waals surface area (Å²) in [7, 11) is 0. The van der Waals surface area contributed by atoms with Gasteiger partial charge < -0.3 is 15.3 Å². The smallest absolute Gasteiger partial charge is 0.248 e. The van der Waals surface area contributed by atoms with Gasteiger partial charge in [0.05, 0.1) is 23.5 Å². The standard InChI is InChI=1S/C29H29BrN8O4/c1-14-5-6-23(30)34-27(14)35-28(42)21-8-29(13-39)9-22(29)38(21)24(41)12-37-26-15(2)33-20(18-10-31-17(4)32-11-18)7-19(26)25(36-37)16(3)40/h5-7,10-11,21-22,39H,8-9,12-13H2,1-4H3,(H,34,35,42)/t21-,22+,29-/m0/s1. The molecule has 5 heterocycles. The first-order valence-electron chi connectivity index (χ1n) is 13.6. The van der Waals surface area contributed by atoms with Crippen molar-refractivity contribution in [1.82, 2.24) is 34.6 Å². The van der Waals surface area contributed by atoms with E-state index in [-0.39, 0.29) is 42.5 Å². The number of piperidine rings is 1. The number of anilines is 1. The number of carbonyl (C=O) groups excluding carboxylic acids is 3. The number of halogens is 1. The molecule has 0 radical (unpaired) electrons. The van der Waals surface area contributed by atoms with Gasteiger partial charge in [0.2, 0.25) is 11.8 Å². The topological polar surface area (TPSA) is 156 Å². The van der Waals surface area contributed by atoms with Gasteiger partial charge in [0.15, 0.2) is 5.78 Å². The number of hydrogen-bond acceptors (Lipinski definition) is 9. The number of nitrogens with zero attached hydrogens (tertiary/aromatic N) is 7. The molecule has 12 nitrogen and oxygen atoms in total. The zero-order chi connectivity index (χ0) is 29.9. The van der Waals surface area contributed by atoms with E-state index < -0.39 is 11.5 Å². The second-order valence-electron chi connectivity index (χ2n) is 11.1. The molecule has 2 aliphatic rings. The lowest BCUT2D eigenvalue weighted by molar-refractivity contribution is -0.138. The predicted molar refractivity (Wildman–Crippen MR) is 157 cm³/mol. The highest BCUT2D eigenvalue weighted by molar-refractivity contribution is 9.10. The number of likely N-dealkylation sites (tertiary alicyclic amines) is 1. The Morgan fingerprint density at radius 1 is 1.12 bits per heavy atom. The Balaban J connectivity index is 1.33. The Morgan fingerprint density at radius 3 is 2.55 bits per heavy atom. The van der Waals surface area contributed by atoms with Crippen LogP contribution in [0.2, 0.25) is 0 Å². The number of ketones is 1. The van der Waals surface area contributed by atoms with E-state index >= 15 is 0 Å². The minimum absolute atomic E-state index is 0.118. The van der Waals surface area contributed by atoms with Crippen LogP contribution in [0, 0.1) is 26.2 Å². The van der Waals surface area contributed by atoms with Crippen LogP contribution in [0.4, 0.5) is 5.82 Å². The van der Waals surface area contributed by atoms with Gasteiger partial charge in [-0.2, -0.15) is 5.10 Å². The molecule has 6 rings (SSSR count). The van der Waals surface area contributed by atoms with E-state index in [0.717, 1.165) is 5.56 Å². The second-order valence-corrected chi connectivity index (χ2v) is 11.9. The molecule has 1 aliphatic carbocycles. The van der Waals surface area contributed by atoms with E-state index in [4.69, 9.17) is 4.98 Å². The number of aliphatic hydroxyl groups is 1. The van der Waals surface area contributed by atoms with E-state index in [1.54, 1.807) is 43.3 Å². The lowest BCUT2D eigenvalue weighted by Gasteiger charge is -2.27. The van der Waals surface area contributed by atoms with Crippen molar-refractivity contribution in [2.24, 2.45) is 5.41 Å². The van der Waals surface area contributed by atoms with Gasteiger partial charge in [-0.3, -0.25) is 24.0 Å². The van der Waals surface area contributed by atoms with Crippen LogP contribution in [0.3, 0.4) is 0 Å². The third kappa shape index (κ3) is 4.75. The molecule has 1 saturated heterocycles. The quantitative estimate of drug-likeness (QED) is 0.231. The van der Waals surface area contributed by atoms with Crippen LogP contribution < -0.4 is 5.32 Å². The van der Waals surface area contributed by atoms with Crippen LogP contribution in [-0.4, -0.2) is 76.0 Å². The molecule has 216 valence electrons. The van der Waals surface area contributed by atoms with Gasteiger partial charge in [0.1, 0.15) is 34.5 Å². The van der Waals surface area contributed by atoms with Crippen molar-refractivity contribution in [2.75, 3.05) is 11.9 Å². The fourth-order valence-electron chi connectivity index (χ4n) is 5.93. The highest BCUT2D eigenvalue weighted by atomic mass is 79.9. The van der Waals surface area contributed by atoms with Gasteiger partial charge in [-0.05, 0) is 67.2 Å². The van der Waals surface area contributed by atoms with Crippen molar-refractivity contribution in [3.8, 4) is 11.3 Å². The zero-order valence-electron chi connectivity index (χ0n) is 23.6. The Bertz CT molecular complexity index is 1770. The second kappa shape index (κ2) is 10.3. The van der Waals surface area contributed by atoms with Crippen LogP contribution in [0.1, 0.15) is 47.3 Å².